The highest BCUT2D eigenvalue weighted by Gasteiger charge is 2.41. The fraction of sp³-hybridized carbons (Fsp3) is 0.588. The Labute approximate surface area is 142 Å². The lowest BCUT2D eigenvalue weighted by Gasteiger charge is -2.27. The van der Waals surface area contributed by atoms with Gasteiger partial charge in [-0.3, -0.25) is 4.79 Å². The van der Waals surface area contributed by atoms with E-state index in [-0.39, 0.29) is 23.7 Å². The number of aromatic hydroxyl groups is 1. The Kier molecular flexibility index (Phi) is 4.78. The summed E-state index contributed by atoms with van der Waals surface area (Å²) in [5.41, 5.74) is 6.43. The molecule has 2 aliphatic heterocycles. The zero-order chi connectivity index (χ0) is 17.3. The van der Waals surface area contributed by atoms with E-state index in [2.05, 4.69) is 10.9 Å². The first kappa shape index (κ1) is 17.2. The zero-order valence-electron chi connectivity index (χ0n) is 14.2. The molecule has 7 nitrogen and oxygen atoms in total. The van der Waals surface area contributed by atoms with Crippen LogP contribution >= 0.6 is 0 Å². The Bertz CT molecular complexity index is 592. The Morgan fingerprint density at radius 2 is 2.04 bits per heavy atom. The molecule has 2 heterocycles. The molecule has 24 heavy (non-hydrogen) atoms. The van der Waals surface area contributed by atoms with Crippen LogP contribution in [0.5, 0.6) is 5.75 Å². The quantitative estimate of drug-likeness (QED) is 0.611. The number of aliphatic hydroxyl groups is 1. The molecule has 3 atom stereocenters. The number of phenols is 1. The smallest absolute Gasteiger partial charge is 0.241 e. The zero-order valence-corrected chi connectivity index (χ0v) is 14.2. The Balaban J connectivity index is 1.58. The van der Waals surface area contributed by atoms with E-state index in [1.165, 1.54) is 0 Å². The van der Waals surface area contributed by atoms with E-state index in [1.807, 2.05) is 31.1 Å². The van der Waals surface area contributed by atoms with Gasteiger partial charge in [-0.15, -0.1) is 0 Å². The summed E-state index contributed by atoms with van der Waals surface area (Å²) in [4.78, 5) is 16.4. The molecular formula is C17H26N4O3. The first-order chi connectivity index (χ1) is 11.4. The summed E-state index contributed by atoms with van der Waals surface area (Å²) >= 11 is 0. The van der Waals surface area contributed by atoms with Gasteiger partial charge in [-0.25, -0.2) is 10.9 Å². The Morgan fingerprint density at radius 1 is 1.33 bits per heavy atom. The van der Waals surface area contributed by atoms with Gasteiger partial charge in [0.1, 0.15) is 11.8 Å². The van der Waals surface area contributed by atoms with E-state index >= 15 is 0 Å². The number of likely N-dealkylation sites (N-methyl/N-ethyl adjacent to an activating group) is 1. The molecule has 0 aromatic heterocycles. The lowest BCUT2D eigenvalue weighted by atomic mass is 10.0. The van der Waals surface area contributed by atoms with Crippen LogP contribution in [-0.2, 0) is 4.79 Å². The SMILES string of the molecule is CN(C)CC1(O)CCN(C(=O)C2CC(c3ccc(O)cc3)NN2)C1. The standard InChI is InChI=1S/C17H26N4O3/c1-20(2)10-17(24)7-8-21(11-17)16(23)15-9-14(18-19-15)12-3-5-13(22)6-4-12/h3-6,14-15,18-19,22,24H,7-11H2,1-2H3. The Morgan fingerprint density at radius 3 is 2.71 bits per heavy atom. The summed E-state index contributed by atoms with van der Waals surface area (Å²) in [5.74, 6) is 0.257. The fourth-order valence-corrected chi connectivity index (χ4v) is 3.63. The maximum atomic E-state index is 12.7. The van der Waals surface area contributed by atoms with E-state index < -0.39 is 5.60 Å². The number of benzene rings is 1. The summed E-state index contributed by atoms with van der Waals surface area (Å²) in [7, 11) is 3.85. The lowest BCUT2D eigenvalue weighted by molar-refractivity contribution is -0.133. The molecule has 3 rings (SSSR count). The summed E-state index contributed by atoms with van der Waals surface area (Å²) in [6.07, 6.45) is 1.25. The highest BCUT2D eigenvalue weighted by Crippen LogP contribution is 2.27. The number of nitrogens with zero attached hydrogens (tertiary/aromatic N) is 2. The second-order valence-electron chi connectivity index (χ2n) is 7.19. The number of hydrogen-bond acceptors (Lipinski definition) is 6. The number of amides is 1. The van der Waals surface area contributed by atoms with Gasteiger partial charge in [-0.1, -0.05) is 12.1 Å². The van der Waals surface area contributed by atoms with Crippen molar-refractivity contribution in [1.29, 1.82) is 0 Å². The number of carbonyl (C=O) groups is 1. The van der Waals surface area contributed by atoms with Crippen molar-refractivity contribution in [2.24, 2.45) is 0 Å². The van der Waals surface area contributed by atoms with Crippen molar-refractivity contribution in [3.8, 4) is 5.75 Å². The average Bonchev–Trinajstić information content (AvgIpc) is 3.14. The number of carbonyl (C=O) groups excluding carboxylic acids is 1. The molecule has 0 radical (unpaired) electrons. The normalized spacial score (nSPS) is 30.2. The summed E-state index contributed by atoms with van der Waals surface area (Å²) < 4.78 is 0. The molecule has 3 unspecified atom stereocenters. The van der Waals surface area contributed by atoms with Gasteiger partial charge in [0, 0.05) is 19.1 Å². The van der Waals surface area contributed by atoms with E-state index in [9.17, 15) is 15.0 Å². The van der Waals surface area contributed by atoms with Gasteiger partial charge in [-0.05, 0) is 44.6 Å². The van der Waals surface area contributed by atoms with E-state index in [0.717, 1.165) is 5.56 Å². The molecule has 7 heteroatoms. The van der Waals surface area contributed by atoms with Crippen molar-refractivity contribution in [2.45, 2.75) is 30.5 Å². The minimum absolute atomic E-state index is 0.0264. The average molecular weight is 334 g/mol. The second kappa shape index (κ2) is 6.68. The predicted molar refractivity (Wildman–Crippen MR) is 90.2 cm³/mol. The van der Waals surface area contributed by atoms with Crippen molar-refractivity contribution in [3.05, 3.63) is 29.8 Å². The Hall–Kier alpha value is -1.67. The molecule has 2 saturated heterocycles. The minimum Gasteiger partial charge on any atom is -0.508 e. The number of phenolic OH excluding ortho intramolecular Hbond substituents is 1. The van der Waals surface area contributed by atoms with Crippen LogP contribution in [-0.4, -0.2) is 71.3 Å². The first-order valence-corrected chi connectivity index (χ1v) is 8.32. The van der Waals surface area contributed by atoms with Crippen molar-refractivity contribution in [1.82, 2.24) is 20.7 Å². The number of β-amino-alcohol motifs (C(OH)–C–C–N with tert-alkyl or cyclic N) is 1. The molecule has 2 aliphatic rings. The predicted octanol–water partition coefficient (Wildman–Crippen LogP) is -0.175. The van der Waals surface area contributed by atoms with Crippen molar-refractivity contribution in [3.63, 3.8) is 0 Å². The molecule has 1 aromatic carbocycles. The number of likely N-dealkylation sites (tertiary alicyclic amines) is 1. The minimum atomic E-state index is -0.818. The fourth-order valence-electron chi connectivity index (χ4n) is 3.63. The number of nitrogens with one attached hydrogen (secondary N) is 2. The van der Waals surface area contributed by atoms with E-state index in [1.54, 1.807) is 17.0 Å². The van der Waals surface area contributed by atoms with Crippen LogP contribution in [0.3, 0.4) is 0 Å². The third-order valence-electron chi connectivity index (χ3n) is 4.75. The van der Waals surface area contributed by atoms with Crippen LogP contribution in [0.4, 0.5) is 0 Å². The first-order valence-electron chi connectivity index (χ1n) is 8.32. The molecule has 0 spiro atoms. The van der Waals surface area contributed by atoms with E-state index in [0.29, 0.717) is 32.5 Å². The molecule has 4 N–H and O–H groups in total. The lowest BCUT2D eigenvalue weighted by Crippen LogP contribution is -2.48. The van der Waals surface area contributed by atoms with Crippen molar-refractivity contribution >= 4 is 5.91 Å². The van der Waals surface area contributed by atoms with Gasteiger partial charge >= 0.3 is 0 Å². The van der Waals surface area contributed by atoms with Crippen LogP contribution in [0, 0.1) is 0 Å². The van der Waals surface area contributed by atoms with Crippen LogP contribution in [0.1, 0.15) is 24.4 Å². The van der Waals surface area contributed by atoms with Crippen LogP contribution in [0.15, 0.2) is 24.3 Å². The van der Waals surface area contributed by atoms with Gasteiger partial charge in [0.25, 0.3) is 0 Å². The summed E-state index contributed by atoms with van der Waals surface area (Å²) in [5, 5.41) is 20.0. The van der Waals surface area contributed by atoms with Gasteiger partial charge in [-0.2, -0.15) is 0 Å². The molecule has 0 aliphatic carbocycles. The molecule has 0 bridgehead atoms. The highest BCUT2D eigenvalue weighted by molar-refractivity contribution is 5.82. The van der Waals surface area contributed by atoms with Gasteiger partial charge in [0.05, 0.1) is 12.1 Å². The molecule has 2 fully saturated rings. The maximum Gasteiger partial charge on any atom is 0.241 e. The van der Waals surface area contributed by atoms with Crippen LogP contribution in [0.25, 0.3) is 0 Å². The summed E-state index contributed by atoms with van der Waals surface area (Å²) in [6.45, 7) is 1.53. The number of rotatable bonds is 4. The molecule has 132 valence electrons. The third-order valence-corrected chi connectivity index (χ3v) is 4.75. The van der Waals surface area contributed by atoms with Crippen LogP contribution < -0.4 is 10.9 Å². The number of hydrogen-bond donors (Lipinski definition) is 4. The highest BCUT2D eigenvalue weighted by atomic mass is 16.3. The third kappa shape index (κ3) is 3.70. The van der Waals surface area contributed by atoms with Crippen molar-refractivity contribution in [2.75, 3.05) is 33.7 Å². The maximum absolute atomic E-state index is 12.7. The topological polar surface area (TPSA) is 88.1 Å². The van der Waals surface area contributed by atoms with Crippen LogP contribution in [0.2, 0.25) is 0 Å². The summed E-state index contributed by atoms with van der Waals surface area (Å²) in [6, 6.07) is 6.73. The molecular weight excluding hydrogens is 308 g/mol. The van der Waals surface area contributed by atoms with E-state index in [4.69, 9.17) is 0 Å². The van der Waals surface area contributed by atoms with Gasteiger partial charge < -0.3 is 20.0 Å². The second-order valence-corrected chi connectivity index (χ2v) is 7.19. The molecule has 1 amide bonds. The molecule has 1 aromatic rings. The molecule has 0 saturated carbocycles. The van der Waals surface area contributed by atoms with Gasteiger partial charge in [0.2, 0.25) is 5.91 Å². The monoisotopic (exact) mass is 334 g/mol. The number of hydrazine groups is 1. The van der Waals surface area contributed by atoms with Crippen molar-refractivity contribution < 1.29 is 15.0 Å². The largest absolute Gasteiger partial charge is 0.508 e. The van der Waals surface area contributed by atoms with Gasteiger partial charge in [0.15, 0.2) is 0 Å².